The zero-order valence-electron chi connectivity index (χ0n) is 9.96. The van der Waals surface area contributed by atoms with Crippen LogP contribution < -0.4 is 0 Å². The van der Waals surface area contributed by atoms with Gasteiger partial charge in [0.2, 0.25) is 5.82 Å². The molecule has 0 aliphatic rings. The van der Waals surface area contributed by atoms with E-state index in [1.54, 1.807) is 0 Å². The van der Waals surface area contributed by atoms with Crippen molar-refractivity contribution in [1.29, 1.82) is 0 Å². The second kappa shape index (κ2) is 6.14. The Kier molecular flexibility index (Phi) is 5.01. The fourth-order valence-electron chi connectivity index (χ4n) is 1.40. The Balaban J connectivity index is 3.30. The van der Waals surface area contributed by atoms with E-state index >= 15 is 0 Å². The summed E-state index contributed by atoms with van der Waals surface area (Å²) in [7, 11) is 0. The zero-order valence-corrected chi connectivity index (χ0v) is 9.96. The van der Waals surface area contributed by atoms with Crippen molar-refractivity contribution < 1.29 is 41.7 Å². The molecule has 2 N–H and O–H groups in total. The number of aliphatic hydroxyl groups is 2. The molecule has 112 valence electrons. The van der Waals surface area contributed by atoms with Gasteiger partial charge >= 0.3 is 5.97 Å². The molecule has 0 saturated heterocycles. The SMILES string of the molecule is CCOC(=O)C(O)C(O)c1c(F)c(F)c(F)c(F)c1F. The molecule has 0 heterocycles. The van der Waals surface area contributed by atoms with Crippen LogP contribution in [-0.4, -0.2) is 28.9 Å². The van der Waals surface area contributed by atoms with Crippen LogP contribution in [0.1, 0.15) is 18.6 Å². The summed E-state index contributed by atoms with van der Waals surface area (Å²) >= 11 is 0. The van der Waals surface area contributed by atoms with Crippen molar-refractivity contribution in [1.82, 2.24) is 0 Å². The predicted molar refractivity (Wildman–Crippen MR) is 53.8 cm³/mol. The summed E-state index contributed by atoms with van der Waals surface area (Å²) in [6, 6.07) is 0. The van der Waals surface area contributed by atoms with Crippen LogP contribution in [0.4, 0.5) is 22.0 Å². The molecule has 1 rings (SSSR count). The molecule has 0 bridgehead atoms. The van der Waals surface area contributed by atoms with Gasteiger partial charge in [0.1, 0.15) is 6.10 Å². The molecule has 1 aromatic rings. The maximum Gasteiger partial charge on any atom is 0.338 e. The number of hydrogen-bond donors (Lipinski definition) is 2. The molecule has 4 nitrogen and oxygen atoms in total. The Morgan fingerprint density at radius 3 is 1.80 bits per heavy atom. The van der Waals surface area contributed by atoms with E-state index in [4.69, 9.17) is 0 Å². The summed E-state index contributed by atoms with van der Waals surface area (Å²) in [5.74, 6) is -13.1. The van der Waals surface area contributed by atoms with Gasteiger partial charge in [-0.3, -0.25) is 0 Å². The monoisotopic (exact) mass is 300 g/mol. The number of benzene rings is 1. The molecule has 20 heavy (non-hydrogen) atoms. The molecule has 0 aromatic heterocycles. The van der Waals surface area contributed by atoms with E-state index in [-0.39, 0.29) is 6.61 Å². The predicted octanol–water partition coefficient (Wildman–Crippen LogP) is 1.34. The van der Waals surface area contributed by atoms with Crippen molar-refractivity contribution in [3.8, 4) is 0 Å². The fraction of sp³-hybridized carbons (Fsp3) is 0.364. The Labute approximate surface area is 109 Å². The Hall–Kier alpha value is -1.74. The van der Waals surface area contributed by atoms with Crippen LogP contribution in [0, 0.1) is 29.1 Å². The van der Waals surface area contributed by atoms with E-state index in [2.05, 4.69) is 4.74 Å². The van der Waals surface area contributed by atoms with Crippen LogP contribution in [0.5, 0.6) is 0 Å². The molecule has 0 aliphatic heterocycles. The summed E-state index contributed by atoms with van der Waals surface area (Å²) in [6.45, 7) is 1.12. The minimum Gasteiger partial charge on any atom is -0.464 e. The minimum atomic E-state index is -2.67. The van der Waals surface area contributed by atoms with Crippen LogP contribution >= 0.6 is 0 Å². The first-order valence-corrected chi connectivity index (χ1v) is 5.28. The van der Waals surface area contributed by atoms with E-state index in [0.717, 1.165) is 0 Å². The standard InChI is InChI=1S/C11H9F5O4/c1-2-20-11(19)10(18)9(17)3-4(12)6(14)8(16)7(15)5(3)13/h9-10,17-18H,2H2,1H3. The molecule has 0 spiro atoms. The maximum absolute atomic E-state index is 13.3. The molecular formula is C11H9F5O4. The van der Waals surface area contributed by atoms with Crippen LogP contribution in [0.15, 0.2) is 0 Å². The topological polar surface area (TPSA) is 66.8 Å². The number of hydrogen-bond acceptors (Lipinski definition) is 4. The fourth-order valence-corrected chi connectivity index (χ4v) is 1.40. The van der Waals surface area contributed by atoms with Gasteiger partial charge in [0.15, 0.2) is 29.4 Å². The van der Waals surface area contributed by atoms with Crippen LogP contribution in [0.3, 0.4) is 0 Å². The number of esters is 1. The smallest absolute Gasteiger partial charge is 0.338 e. The second-order valence-corrected chi connectivity index (χ2v) is 3.63. The highest BCUT2D eigenvalue weighted by Gasteiger charge is 2.36. The first kappa shape index (κ1) is 16.3. The third-order valence-corrected chi connectivity index (χ3v) is 2.37. The van der Waals surface area contributed by atoms with Crippen molar-refractivity contribution in [3.63, 3.8) is 0 Å². The van der Waals surface area contributed by atoms with Crippen molar-refractivity contribution in [3.05, 3.63) is 34.6 Å². The summed E-state index contributed by atoms with van der Waals surface area (Å²) in [6.07, 6.45) is -5.16. The number of halogens is 5. The van der Waals surface area contributed by atoms with Gasteiger partial charge in [0.25, 0.3) is 0 Å². The zero-order chi connectivity index (χ0) is 15.6. The Bertz CT molecular complexity index is 505. The van der Waals surface area contributed by atoms with Gasteiger partial charge < -0.3 is 14.9 Å². The third-order valence-electron chi connectivity index (χ3n) is 2.37. The van der Waals surface area contributed by atoms with Crippen LogP contribution in [0.2, 0.25) is 0 Å². The van der Waals surface area contributed by atoms with Gasteiger partial charge in [0, 0.05) is 0 Å². The summed E-state index contributed by atoms with van der Waals surface area (Å²) in [5.41, 5.74) is -1.71. The van der Waals surface area contributed by atoms with E-state index in [9.17, 15) is 37.0 Å². The first-order valence-electron chi connectivity index (χ1n) is 5.28. The van der Waals surface area contributed by atoms with Crippen LogP contribution in [-0.2, 0) is 9.53 Å². The molecule has 2 atom stereocenters. The third kappa shape index (κ3) is 2.73. The number of rotatable bonds is 4. The molecule has 2 unspecified atom stereocenters. The van der Waals surface area contributed by atoms with Gasteiger partial charge in [-0.05, 0) is 6.92 Å². The summed E-state index contributed by atoms with van der Waals surface area (Å²) in [4.78, 5) is 11.1. The molecule has 0 amide bonds. The second-order valence-electron chi connectivity index (χ2n) is 3.63. The number of ether oxygens (including phenoxy) is 1. The molecule has 0 saturated carbocycles. The van der Waals surface area contributed by atoms with Crippen molar-refractivity contribution >= 4 is 5.97 Å². The normalized spacial score (nSPS) is 14.0. The lowest BCUT2D eigenvalue weighted by molar-refractivity contribution is -0.159. The summed E-state index contributed by atoms with van der Waals surface area (Å²) < 4.78 is 69.5. The quantitative estimate of drug-likeness (QED) is 0.381. The molecular weight excluding hydrogens is 291 g/mol. The molecule has 0 aliphatic carbocycles. The largest absolute Gasteiger partial charge is 0.464 e. The Morgan fingerprint density at radius 1 is 1.00 bits per heavy atom. The highest BCUT2D eigenvalue weighted by atomic mass is 19.2. The molecule has 1 aromatic carbocycles. The van der Waals surface area contributed by atoms with E-state index < -0.39 is 52.8 Å². The molecule has 9 heteroatoms. The lowest BCUT2D eigenvalue weighted by atomic mass is 10.0. The van der Waals surface area contributed by atoms with Crippen molar-refractivity contribution in [2.75, 3.05) is 6.61 Å². The van der Waals surface area contributed by atoms with E-state index in [1.807, 2.05) is 0 Å². The lowest BCUT2D eigenvalue weighted by Crippen LogP contribution is -2.31. The first-order chi connectivity index (χ1) is 9.23. The van der Waals surface area contributed by atoms with Gasteiger partial charge in [-0.1, -0.05) is 0 Å². The van der Waals surface area contributed by atoms with Crippen molar-refractivity contribution in [2.45, 2.75) is 19.1 Å². The highest BCUT2D eigenvalue weighted by molar-refractivity contribution is 5.75. The number of carbonyl (C=O) groups excluding carboxylic acids is 1. The van der Waals surface area contributed by atoms with Gasteiger partial charge in [-0.25, -0.2) is 26.7 Å². The number of aliphatic hydroxyl groups excluding tert-OH is 2. The molecule has 0 fully saturated rings. The van der Waals surface area contributed by atoms with Gasteiger partial charge in [0.05, 0.1) is 12.2 Å². The number of carbonyl (C=O) groups is 1. The average Bonchev–Trinajstić information content (AvgIpc) is 2.42. The minimum absolute atomic E-state index is 0.223. The van der Waals surface area contributed by atoms with E-state index in [0.29, 0.717) is 0 Å². The highest BCUT2D eigenvalue weighted by Crippen LogP contribution is 2.29. The summed E-state index contributed by atoms with van der Waals surface area (Å²) in [5, 5.41) is 18.7. The molecule has 0 radical (unpaired) electrons. The Morgan fingerprint density at radius 2 is 1.40 bits per heavy atom. The lowest BCUT2D eigenvalue weighted by Gasteiger charge is -2.18. The average molecular weight is 300 g/mol. The van der Waals surface area contributed by atoms with E-state index in [1.165, 1.54) is 6.92 Å². The van der Waals surface area contributed by atoms with Crippen LogP contribution in [0.25, 0.3) is 0 Å². The van der Waals surface area contributed by atoms with Gasteiger partial charge in [-0.2, -0.15) is 0 Å². The van der Waals surface area contributed by atoms with Gasteiger partial charge in [-0.15, -0.1) is 0 Å². The maximum atomic E-state index is 13.3. The van der Waals surface area contributed by atoms with Crippen molar-refractivity contribution in [2.24, 2.45) is 0 Å².